The van der Waals surface area contributed by atoms with E-state index in [-0.39, 0.29) is 37.4 Å². The zero-order valence-electron chi connectivity index (χ0n) is 13.7. The monoisotopic (exact) mass is 396 g/mol. The number of carbonyl (C=O) groups excluding carboxylic acids is 1. The molecule has 13 heteroatoms. The van der Waals surface area contributed by atoms with Crippen LogP contribution in [0, 0.1) is 5.92 Å². The number of hydrogen-bond donors (Lipinski definition) is 1. The maximum atomic E-state index is 12.9. The molecule has 1 saturated heterocycles. The lowest BCUT2D eigenvalue weighted by Crippen LogP contribution is -2.43. The van der Waals surface area contributed by atoms with Crippen molar-refractivity contribution in [2.24, 2.45) is 5.92 Å². The Balaban J connectivity index is 1.67. The molecule has 0 radical (unpaired) electrons. The van der Waals surface area contributed by atoms with Crippen LogP contribution in [0.1, 0.15) is 18.7 Å². The fourth-order valence-corrected chi connectivity index (χ4v) is 2.83. The van der Waals surface area contributed by atoms with Crippen LogP contribution in [0.2, 0.25) is 0 Å². The first-order valence-corrected chi connectivity index (χ1v) is 7.94. The van der Waals surface area contributed by atoms with Crippen molar-refractivity contribution in [3.05, 3.63) is 18.0 Å². The van der Waals surface area contributed by atoms with Gasteiger partial charge < -0.3 is 10.2 Å². The quantitative estimate of drug-likeness (QED) is 0.804. The van der Waals surface area contributed by atoms with Crippen LogP contribution in [0.15, 0.2) is 12.1 Å². The van der Waals surface area contributed by atoms with Crippen molar-refractivity contribution < 1.29 is 31.1 Å². The molecule has 27 heavy (non-hydrogen) atoms. The van der Waals surface area contributed by atoms with E-state index in [0.29, 0.717) is 4.52 Å². The van der Waals surface area contributed by atoms with Gasteiger partial charge in [0, 0.05) is 19.0 Å². The second-order valence-corrected chi connectivity index (χ2v) is 6.08. The fraction of sp³-hybridized carbons (Fsp3) is 0.571. The Hall–Kier alpha value is -2.60. The maximum Gasteiger partial charge on any atom is 0.453 e. The highest BCUT2D eigenvalue weighted by Gasteiger charge is 2.38. The summed E-state index contributed by atoms with van der Waals surface area (Å²) in [7, 11) is 0. The van der Waals surface area contributed by atoms with Gasteiger partial charge in [0.05, 0.1) is 0 Å². The Morgan fingerprint density at radius 2 is 1.78 bits per heavy atom. The molecule has 2 aromatic heterocycles. The van der Waals surface area contributed by atoms with Crippen molar-refractivity contribution in [3.63, 3.8) is 0 Å². The van der Waals surface area contributed by atoms with Gasteiger partial charge >= 0.3 is 12.4 Å². The summed E-state index contributed by atoms with van der Waals surface area (Å²) in [6, 6.07) is 2.82. The lowest BCUT2D eigenvalue weighted by Gasteiger charge is -2.32. The van der Waals surface area contributed by atoms with Crippen LogP contribution in [0.3, 0.4) is 0 Å². The van der Waals surface area contributed by atoms with Gasteiger partial charge in [0.2, 0.25) is 5.91 Å². The molecule has 2 aromatic rings. The average Bonchev–Trinajstić information content (AvgIpc) is 3.02. The highest BCUT2D eigenvalue weighted by atomic mass is 19.4. The van der Waals surface area contributed by atoms with Crippen molar-refractivity contribution >= 4 is 17.4 Å². The molecule has 148 valence electrons. The van der Waals surface area contributed by atoms with Crippen molar-refractivity contribution in [2.75, 3.05) is 24.5 Å². The van der Waals surface area contributed by atoms with Crippen molar-refractivity contribution in [3.8, 4) is 0 Å². The molecular weight excluding hydrogens is 382 g/mol. The minimum Gasteiger partial charge on any atom is -0.355 e. The number of alkyl halides is 6. The summed E-state index contributed by atoms with van der Waals surface area (Å²) >= 11 is 0. The first-order chi connectivity index (χ1) is 12.5. The standard InChI is InChI=1S/C14H14F6N6O/c15-13(16,17)7-21-11(27)8-3-5-25(6-4-8)10-2-1-9-22-23-12(14(18,19)20)26(9)24-10/h1-2,8H,3-7H2,(H,21,27). The summed E-state index contributed by atoms with van der Waals surface area (Å²) < 4.78 is 75.8. The second-order valence-electron chi connectivity index (χ2n) is 6.08. The molecule has 1 aliphatic rings. The molecule has 0 aromatic carbocycles. The summed E-state index contributed by atoms with van der Waals surface area (Å²) in [6.45, 7) is -0.851. The Labute approximate surface area is 148 Å². The van der Waals surface area contributed by atoms with E-state index in [9.17, 15) is 31.1 Å². The topological polar surface area (TPSA) is 75.4 Å². The molecule has 3 rings (SSSR count). The SMILES string of the molecule is O=C(NCC(F)(F)F)C1CCN(c2ccc3nnc(C(F)(F)F)n3n2)CC1. The number of fused-ring (bicyclic) bond motifs is 1. The van der Waals surface area contributed by atoms with Crippen LogP contribution in [-0.2, 0) is 11.0 Å². The molecule has 0 unspecified atom stereocenters. The number of carbonyl (C=O) groups is 1. The molecule has 1 N–H and O–H groups in total. The van der Waals surface area contributed by atoms with E-state index in [1.807, 2.05) is 5.32 Å². The van der Waals surface area contributed by atoms with E-state index in [2.05, 4.69) is 15.3 Å². The smallest absolute Gasteiger partial charge is 0.355 e. The molecule has 1 aliphatic heterocycles. The van der Waals surface area contributed by atoms with Gasteiger partial charge in [-0.25, -0.2) is 0 Å². The van der Waals surface area contributed by atoms with E-state index in [4.69, 9.17) is 0 Å². The van der Waals surface area contributed by atoms with Crippen LogP contribution < -0.4 is 10.2 Å². The predicted molar refractivity (Wildman–Crippen MR) is 79.8 cm³/mol. The predicted octanol–water partition coefficient (Wildman–Crippen LogP) is 2.04. The van der Waals surface area contributed by atoms with Crippen LogP contribution in [0.4, 0.5) is 32.2 Å². The minimum atomic E-state index is -4.71. The largest absolute Gasteiger partial charge is 0.453 e. The zero-order chi connectivity index (χ0) is 19.8. The number of nitrogens with one attached hydrogen (secondary N) is 1. The molecule has 7 nitrogen and oxygen atoms in total. The Bertz CT molecular complexity index is 824. The molecule has 1 fully saturated rings. The molecule has 0 saturated carbocycles. The number of hydrogen-bond acceptors (Lipinski definition) is 5. The molecule has 3 heterocycles. The normalized spacial score (nSPS) is 16.7. The third kappa shape index (κ3) is 4.39. The summed E-state index contributed by atoms with van der Waals surface area (Å²) in [6.07, 6.45) is -8.67. The van der Waals surface area contributed by atoms with Gasteiger partial charge in [0.1, 0.15) is 12.4 Å². The third-order valence-electron chi connectivity index (χ3n) is 4.16. The van der Waals surface area contributed by atoms with Gasteiger partial charge in [0.15, 0.2) is 5.65 Å². The van der Waals surface area contributed by atoms with Crippen LogP contribution in [-0.4, -0.2) is 51.5 Å². The first-order valence-electron chi connectivity index (χ1n) is 7.94. The number of aromatic nitrogens is 4. The molecule has 0 spiro atoms. The number of rotatable bonds is 3. The van der Waals surface area contributed by atoms with E-state index in [1.165, 1.54) is 12.1 Å². The van der Waals surface area contributed by atoms with Crippen LogP contribution in [0.5, 0.6) is 0 Å². The zero-order valence-corrected chi connectivity index (χ0v) is 13.7. The Morgan fingerprint density at radius 3 is 2.37 bits per heavy atom. The molecule has 0 atom stereocenters. The Kier molecular flexibility index (Phi) is 4.86. The maximum absolute atomic E-state index is 12.9. The van der Waals surface area contributed by atoms with Gasteiger partial charge in [0.25, 0.3) is 5.82 Å². The molecular formula is C14H14F6N6O. The van der Waals surface area contributed by atoms with E-state index >= 15 is 0 Å². The number of piperidine rings is 1. The number of anilines is 1. The highest BCUT2D eigenvalue weighted by molar-refractivity contribution is 5.79. The molecule has 0 bridgehead atoms. The van der Waals surface area contributed by atoms with Gasteiger partial charge in [-0.1, -0.05) is 0 Å². The lowest BCUT2D eigenvalue weighted by molar-refractivity contribution is -0.146. The Morgan fingerprint density at radius 1 is 1.11 bits per heavy atom. The lowest BCUT2D eigenvalue weighted by atomic mass is 9.96. The molecule has 1 amide bonds. The van der Waals surface area contributed by atoms with Crippen LogP contribution >= 0.6 is 0 Å². The van der Waals surface area contributed by atoms with E-state index in [1.54, 1.807) is 4.90 Å². The fourth-order valence-electron chi connectivity index (χ4n) is 2.83. The van der Waals surface area contributed by atoms with E-state index in [0.717, 1.165) is 0 Å². The summed E-state index contributed by atoms with van der Waals surface area (Å²) in [5.41, 5.74) is -0.0625. The van der Waals surface area contributed by atoms with Crippen molar-refractivity contribution in [1.82, 2.24) is 25.1 Å². The van der Waals surface area contributed by atoms with Crippen molar-refractivity contribution in [1.29, 1.82) is 0 Å². The number of nitrogens with zero attached hydrogens (tertiary/aromatic N) is 5. The number of amides is 1. The molecule has 0 aliphatic carbocycles. The van der Waals surface area contributed by atoms with Crippen LogP contribution in [0.25, 0.3) is 5.65 Å². The third-order valence-corrected chi connectivity index (χ3v) is 4.16. The van der Waals surface area contributed by atoms with Gasteiger partial charge in [-0.3, -0.25) is 4.79 Å². The summed E-state index contributed by atoms with van der Waals surface area (Å²) in [5, 5.41) is 12.3. The first kappa shape index (κ1) is 19.2. The highest BCUT2D eigenvalue weighted by Crippen LogP contribution is 2.28. The van der Waals surface area contributed by atoms with E-state index < -0.39 is 36.5 Å². The van der Waals surface area contributed by atoms with Gasteiger partial charge in [-0.05, 0) is 25.0 Å². The average molecular weight is 396 g/mol. The van der Waals surface area contributed by atoms with Crippen molar-refractivity contribution in [2.45, 2.75) is 25.2 Å². The summed E-state index contributed by atoms with van der Waals surface area (Å²) in [5.74, 6) is -2.29. The van der Waals surface area contributed by atoms with Gasteiger partial charge in [-0.15, -0.1) is 15.3 Å². The summed E-state index contributed by atoms with van der Waals surface area (Å²) in [4.78, 5) is 13.5. The minimum absolute atomic E-state index is 0.0625. The van der Waals surface area contributed by atoms with Gasteiger partial charge in [-0.2, -0.15) is 30.9 Å². The number of halogens is 6. The second kappa shape index (κ2) is 6.85.